The molecule has 2 heterocycles. The second-order valence-electron chi connectivity index (χ2n) is 20.7. The first-order valence-electron chi connectivity index (χ1n) is 23.1. The van der Waals surface area contributed by atoms with Crippen molar-refractivity contribution in [2.45, 2.75) is 130 Å². The summed E-state index contributed by atoms with van der Waals surface area (Å²) in [5.41, 5.74) is 3.54. The molecule has 2 aliphatic carbocycles. The van der Waals surface area contributed by atoms with Crippen LogP contribution in [0.4, 0.5) is 4.39 Å². The molecule has 0 unspecified atom stereocenters. The average molecular weight is 936 g/mol. The van der Waals surface area contributed by atoms with E-state index in [-0.39, 0.29) is 45.9 Å². The maximum atomic E-state index is 13.8. The molecule has 0 radical (unpaired) electrons. The van der Waals surface area contributed by atoms with Gasteiger partial charge in [0.05, 0.1) is 23.2 Å². The summed E-state index contributed by atoms with van der Waals surface area (Å²) < 4.78 is 13.1. The van der Waals surface area contributed by atoms with Crippen LogP contribution in [0.1, 0.15) is 162 Å². The molecule has 2 amide bonds. The van der Waals surface area contributed by atoms with E-state index in [1.807, 2.05) is 47.9 Å². The second-order valence-corrected chi connectivity index (χ2v) is 21.6. The van der Waals surface area contributed by atoms with Crippen LogP contribution in [0.25, 0.3) is 0 Å². The summed E-state index contributed by atoms with van der Waals surface area (Å²) in [6, 6.07) is 25.7. The summed E-state index contributed by atoms with van der Waals surface area (Å²) >= 11 is 12.4. The molecule has 4 aromatic rings. The highest BCUT2D eigenvalue weighted by molar-refractivity contribution is 6.48. The minimum atomic E-state index is -1.46. The van der Waals surface area contributed by atoms with Gasteiger partial charge in [-0.15, -0.1) is 0 Å². The lowest BCUT2D eigenvalue weighted by Gasteiger charge is -2.46. The molecule has 2 fully saturated rings. The van der Waals surface area contributed by atoms with E-state index in [0.29, 0.717) is 33.3 Å². The number of aliphatic imine (C=N–C) groups is 2. The van der Waals surface area contributed by atoms with Crippen LogP contribution >= 0.6 is 23.2 Å². The molecule has 4 aliphatic rings. The molecular weight excluding hydrogens is 875 g/mol. The van der Waals surface area contributed by atoms with Crippen LogP contribution in [0, 0.1) is 22.7 Å². The number of carbonyl (C=O) groups excluding carboxylic acids is 3. The fourth-order valence-corrected chi connectivity index (χ4v) is 11.0. The molecular formula is C54H61Cl2FN4O5. The first-order valence-corrected chi connectivity index (χ1v) is 23.8. The lowest BCUT2D eigenvalue weighted by atomic mass is 9.69. The summed E-state index contributed by atoms with van der Waals surface area (Å²) in [6.07, 6.45) is 7.18. The topological polar surface area (TPSA) is 120 Å². The van der Waals surface area contributed by atoms with Crippen LogP contribution in [-0.2, 0) is 9.59 Å². The van der Waals surface area contributed by atoms with Crippen molar-refractivity contribution in [2.75, 3.05) is 0 Å². The fraction of sp³-hybridized carbons (Fsp3) is 0.444. The summed E-state index contributed by atoms with van der Waals surface area (Å²) in [7, 11) is 0. The number of nitrogens with zero attached hydrogens (tertiary/aromatic N) is 4. The third-order valence-electron chi connectivity index (χ3n) is 14.6. The summed E-state index contributed by atoms with van der Waals surface area (Å²) in [5.74, 6) is -0.0350. The van der Waals surface area contributed by atoms with E-state index < -0.39 is 23.3 Å². The second kappa shape index (κ2) is 18.8. The third kappa shape index (κ3) is 9.91. The predicted molar refractivity (Wildman–Crippen MR) is 260 cm³/mol. The van der Waals surface area contributed by atoms with Crippen molar-refractivity contribution in [1.82, 2.24) is 9.80 Å². The minimum absolute atomic E-state index is 0.00923. The van der Waals surface area contributed by atoms with Crippen molar-refractivity contribution >= 4 is 58.4 Å². The number of carboxylic acid groups (broad SMARTS) is 1. The summed E-state index contributed by atoms with van der Waals surface area (Å²) in [6.45, 7) is 17.6. The Morgan fingerprint density at radius 3 is 1.27 bits per heavy atom. The summed E-state index contributed by atoms with van der Waals surface area (Å²) in [4.78, 5) is 64.0. The van der Waals surface area contributed by atoms with Crippen LogP contribution in [0.2, 0.25) is 10.0 Å². The molecule has 1 N–H and O–H groups in total. The van der Waals surface area contributed by atoms with Gasteiger partial charge in [0.2, 0.25) is 0 Å². The number of benzene rings is 4. The minimum Gasteiger partial charge on any atom is -0.478 e. The normalized spacial score (nSPS) is 24.2. The Kier molecular flexibility index (Phi) is 13.9. The third-order valence-corrected chi connectivity index (χ3v) is 15.1. The number of rotatable bonds is 8. The first kappa shape index (κ1) is 48.7. The van der Waals surface area contributed by atoms with Crippen molar-refractivity contribution in [2.24, 2.45) is 32.7 Å². The van der Waals surface area contributed by atoms with Gasteiger partial charge in [0.1, 0.15) is 22.7 Å². The van der Waals surface area contributed by atoms with Crippen LogP contribution in [0.15, 0.2) is 107 Å². The van der Waals surface area contributed by atoms with Gasteiger partial charge in [0.15, 0.2) is 0 Å². The van der Waals surface area contributed by atoms with E-state index >= 15 is 0 Å². The number of hydrogen-bond acceptors (Lipinski definition) is 6. The van der Waals surface area contributed by atoms with Crippen molar-refractivity contribution in [3.05, 3.63) is 140 Å². The molecule has 2 spiro atoms. The smallest absolute Gasteiger partial charge is 0.335 e. The Labute approximate surface area is 398 Å². The largest absolute Gasteiger partial charge is 0.478 e. The maximum Gasteiger partial charge on any atom is 0.335 e. The highest BCUT2D eigenvalue weighted by Gasteiger charge is 2.53. The van der Waals surface area contributed by atoms with Gasteiger partial charge in [-0.3, -0.25) is 24.4 Å². The zero-order valence-electron chi connectivity index (χ0n) is 39.2. The molecule has 2 atom stereocenters. The standard InChI is InChI=1S/C27H30ClFN2O2.C27H31ClN2O3/c1-17(18-8-10-19(11-9-18)24(29)32)31-25(33)23(20-6-5-7-22(28)16-20)30-27(31)14-12-21(13-15-27)26(2,3)4;1-17(18-8-10-19(11-9-18)25(32)33)30-24(31)23(20-6-5-7-22(28)16-20)29-27(30)14-12-21(13-15-27)26(2,3)4/h5-11,16-17,21H,12-15H2,1-4H3;5-11,16-17,21H,12-15H2,1-4H3,(H,32,33)/t2*17-,21?,27?/m11/s1. The maximum absolute atomic E-state index is 13.8. The van der Waals surface area contributed by atoms with Gasteiger partial charge >= 0.3 is 12.0 Å². The van der Waals surface area contributed by atoms with Crippen molar-refractivity contribution in [3.8, 4) is 0 Å². The van der Waals surface area contributed by atoms with Gasteiger partial charge in [-0.05, 0) is 148 Å². The number of aromatic carboxylic acids is 1. The Hall–Kier alpha value is -5.19. The predicted octanol–water partition coefficient (Wildman–Crippen LogP) is 13.1. The van der Waals surface area contributed by atoms with Crippen LogP contribution in [-0.4, -0.2) is 61.5 Å². The number of amides is 2. The zero-order valence-corrected chi connectivity index (χ0v) is 40.7. The first-order chi connectivity index (χ1) is 31.0. The zero-order chi connectivity index (χ0) is 47.9. The molecule has 8 rings (SSSR count). The number of carbonyl (C=O) groups is 4. The molecule has 0 aromatic heterocycles. The van der Waals surface area contributed by atoms with Gasteiger partial charge < -0.3 is 14.9 Å². The molecule has 2 saturated carbocycles. The molecule has 66 heavy (non-hydrogen) atoms. The van der Waals surface area contributed by atoms with Crippen LogP contribution < -0.4 is 0 Å². The van der Waals surface area contributed by atoms with E-state index in [1.54, 1.807) is 60.7 Å². The quantitative estimate of drug-likeness (QED) is 0.176. The number of halogens is 3. The lowest BCUT2D eigenvalue weighted by molar-refractivity contribution is -0.133. The van der Waals surface area contributed by atoms with Gasteiger partial charge in [-0.2, -0.15) is 4.39 Å². The van der Waals surface area contributed by atoms with E-state index in [0.717, 1.165) is 73.6 Å². The van der Waals surface area contributed by atoms with Gasteiger partial charge in [0, 0.05) is 21.2 Å². The van der Waals surface area contributed by atoms with E-state index in [2.05, 4.69) is 41.5 Å². The van der Waals surface area contributed by atoms with E-state index in [1.165, 1.54) is 12.1 Å². The van der Waals surface area contributed by atoms with Gasteiger partial charge in [0.25, 0.3) is 11.8 Å². The van der Waals surface area contributed by atoms with E-state index in [9.17, 15) is 28.7 Å². The van der Waals surface area contributed by atoms with Gasteiger partial charge in [-0.25, -0.2) is 4.79 Å². The Morgan fingerprint density at radius 1 is 0.621 bits per heavy atom. The van der Waals surface area contributed by atoms with Crippen molar-refractivity contribution in [3.63, 3.8) is 0 Å². The van der Waals surface area contributed by atoms with Gasteiger partial charge in [-0.1, -0.05) is 113 Å². The lowest BCUT2D eigenvalue weighted by Crippen LogP contribution is -2.50. The number of hydrogen-bond donors (Lipinski definition) is 1. The summed E-state index contributed by atoms with van der Waals surface area (Å²) in [5, 5.41) is 10.4. The Morgan fingerprint density at radius 2 is 0.970 bits per heavy atom. The highest BCUT2D eigenvalue weighted by atomic mass is 35.5. The van der Waals surface area contributed by atoms with Crippen molar-refractivity contribution in [1.29, 1.82) is 0 Å². The SMILES string of the molecule is C[C@H](c1ccc(C(=O)F)cc1)N1C(=O)C(c2cccc(Cl)c2)=NC12CCC(C(C)(C)C)CC2.C[C@H](c1ccc(C(=O)O)cc1)N1C(=O)C(c2cccc(Cl)c2)=NC12CCC(C(C)(C)C)CC2. The van der Waals surface area contributed by atoms with Crippen LogP contribution in [0.5, 0.6) is 0 Å². The monoisotopic (exact) mass is 934 g/mol. The number of carboxylic acids is 1. The molecule has 2 aliphatic heterocycles. The molecule has 348 valence electrons. The Bertz CT molecular complexity index is 2370. The molecule has 0 bridgehead atoms. The Balaban J connectivity index is 0.000000196. The highest BCUT2D eigenvalue weighted by Crippen LogP contribution is 2.51. The molecule has 0 saturated heterocycles. The van der Waals surface area contributed by atoms with Crippen LogP contribution in [0.3, 0.4) is 0 Å². The van der Waals surface area contributed by atoms with E-state index in [4.69, 9.17) is 33.2 Å². The molecule has 4 aromatic carbocycles. The molecule has 12 heteroatoms. The molecule has 9 nitrogen and oxygen atoms in total. The van der Waals surface area contributed by atoms with Crippen molar-refractivity contribution < 1.29 is 28.7 Å². The fourth-order valence-electron chi connectivity index (χ4n) is 10.6. The average Bonchev–Trinajstić information content (AvgIpc) is 3.71.